The number of fused-ring (bicyclic) bond motifs is 1. The Kier molecular flexibility index (Phi) is 6.78. The number of carbonyl (C=O) groups excluding carboxylic acids is 1. The van der Waals surface area contributed by atoms with Gasteiger partial charge in [-0.25, -0.2) is 10.2 Å². The smallest absolute Gasteiger partial charge is 0.462 e. The molecular formula is C18H15F7N2O3. The fraction of sp³-hybridized carbons (Fsp3) is 0.333. The van der Waals surface area contributed by atoms with E-state index in [9.17, 15) is 35.5 Å². The lowest BCUT2D eigenvalue weighted by Gasteiger charge is -2.27. The summed E-state index contributed by atoms with van der Waals surface area (Å²) in [6.07, 6.45) is -5.89. The topological polar surface area (TPSA) is 59.9 Å². The van der Waals surface area contributed by atoms with Crippen molar-refractivity contribution in [3.8, 4) is 5.75 Å². The van der Waals surface area contributed by atoms with Gasteiger partial charge in [-0.1, -0.05) is 30.3 Å². The molecule has 0 fully saturated rings. The van der Waals surface area contributed by atoms with E-state index in [1.54, 1.807) is 31.2 Å². The number of nitrogens with zero attached hydrogens (tertiary/aromatic N) is 1. The van der Waals surface area contributed by atoms with Crippen LogP contribution in [0.25, 0.3) is 10.8 Å². The Hall–Kier alpha value is -3.05. The Morgan fingerprint density at radius 2 is 1.73 bits per heavy atom. The Bertz CT molecular complexity index is 930. The molecule has 2 aromatic carbocycles. The van der Waals surface area contributed by atoms with Crippen molar-refractivity contribution in [2.24, 2.45) is 5.10 Å². The van der Waals surface area contributed by atoms with Gasteiger partial charge in [0.1, 0.15) is 5.75 Å². The number of nitrogens with one attached hydrogen (secondary N) is 1. The molecule has 0 spiro atoms. The number of hydrazone groups is 1. The van der Waals surface area contributed by atoms with Gasteiger partial charge in [0, 0.05) is 5.56 Å². The van der Waals surface area contributed by atoms with E-state index in [4.69, 9.17) is 4.74 Å². The van der Waals surface area contributed by atoms with E-state index in [-0.39, 0.29) is 17.9 Å². The average Bonchev–Trinajstić information content (AvgIpc) is 2.66. The molecule has 0 heterocycles. The quantitative estimate of drug-likeness (QED) is 0.216. The predicted molar refractivity (Wildman–Crippen MR) is 92.8 cm³/mol. The van der Waals surface area contributed by atoms with Crippen LogP contribution >= 0.6 is 0 Å². The molecule has 30 heavy (non-hydrogen) atoms. The van der Waals surface area contributed by atoms with Gasteiger partial charge in [-0.2, -0.15) is 35.8 Å². The lowest BCUT2D eigenvalue weighted by molar-refractivity contribution is -0.361. The molecule has 1 N–H and O–H groups in total. The molecule has 0 atom stereocenters. The zero-order chi connectivity index (χ0) is 22.6. The monoisotopic (exact) mass is 440 g/mol. The van der Waals surface area contributed by atoms with Gasteiger partial charge in [-0.3, -0.25) is 0 Å². The van der Waals surface area contributed by atoms with Crippen LogP contribution in [0.4, 0.5) is 30.7 Å². The molecule has 0 aliphatic heterocycles. The third-order valence-electron chi connectivity index (χ3n) is 3.73. The molecule has 164 valence electrons. The lowest BCUT2D eigenvalue weighted by atomic mass is 10.0. The number of rotatable bonds is 8. The number of benzene rings is 2. The van der Waals surface area contributed by atoms with E-state index in [1.807, 2.05) is 0 Å². The van der Waals surface area contributed by atoms with Crippen molar-refractivity contribution < 1.29 is 45.0 Å². The number of halogens is 7. The van der Waals surface area contributed by atoms with Crippen LogP contribution < -0.4 is 10.2 Å². The highest BCUT2D eigenvalue weighted by molar-refractivity contribution is 6.02. The maximum Gasteiger partial charge on any atom is 0.462 e. The highest BCUT2D eigenvalue weighted by Gasteiger charge is 2.73. The summed E-state index contributed by atoms with van der Waals surface area (Å²) in [5, 5.41) is 3.79. The summed E-state index contributed by atoms with van der Waals surface area (Å²) >= 11 is 0. The van der Waals surface area contributed by atoms with Gasteiger partial charge in [0.2, 0.25) is 0 Å². The number of hydrogen-bond acceptors (Lipinski definition) is 5. The van der Waals surface area contributed by atoms with Crippen LogP contribution in [-0.4, -0.2) is 43.5 Å². The molecule has 0 saturated heterocycles. The molecule has 0 amide bonds. The maximum atomic E-state index is 13.4. The maximum absolute atomic E-state index is 13.4. The van der Waals surface area contributed by atoms with E-state index in [0.29, 0.717) is 22.4 Å². The molecule has 0 unspecified atom stereocenters. The molecular weight excluding hydrogens is 425 g/mol. The molecule has 0 bridgehead atoms. The van der Waals surface area contributed by atoms with E-state index >= 15 is 0 Å². The highest BCUT2D eigenvalue weighted by Crippen LogP contribution is 2.45. The molecule has 0 aromatic heterocycles. The van der Waals surface area contributed by atoms with Gasteiger partial charge in [0.25, 0.3) is 0 Å². The Balaban J connectivity index is 2.34. The average molecular weight is 440 g/mol. The third kappa shape index (κ3) is 4.92. The third-order valence-corrected chi connectivity index (χ3v) is 3.73. The molecule has 2 aromatic rings. The number of ether oxygens (including phenoxy) is 2. The molecule has 0 saturated carbocycles. The number of esters is 1. The Morgan fingerprint density at radius 1 is 1.07 bits per heavy atom. The minimum absolute atomic E-state index is 0.0315. The zero-order valence-electron chi connectivity index (χ0n) is 15.3. The van der Waals surface area contributed by atoms with Gasteiger partial charge in [-0.05, 0) is 23.8 Å². The lowest BCUT2D eigenvalue weighted by Crippen LogP contribution is -2.58. The summed E-state index contributed by atoms with van der Waals surface area (Å²) in [6, 6.07) is 3.56. The van der Waals surface area contributed by atoms with Crippen molar-refractivity contribution in [3.05, 3.63) is 42.0 Å². The minimum atomic E-state index is -6.49. The first-order chi connectivity index (χ1) is 13.9. The van der Waals surface area contributed by atoms with Gasteiger partial charge in [0.05, 0.1) is 12.8 Å². The fourth-order valence-corrected chi connectivity index (χ4v) is 2.30. The summed E-state index contributed by atoms with van der Waals surface area (Å²) in [5.41, 5.74) is 0.519. The molecule has 2 rings (SSSR count). The van der Waals surface area contributed by atoms with Crippen LogP contribution in [0, 0.1) is 0 Å². The summed E-state index contributed by atoms with van der Waals surface area (Å²) in [7, 11) is 0. The first kappa shape index (κ1) is 23.2. The molecule has 0 aliphatic carbocycles. The minimum Gasteiger partial charge on any atom is -0.481 e. The van der Waals surface area contributed by atoms with Gasteiger partial charge in [-0.15, -0.1) is 0 Å². The van der Waals surface area contributed by atoms with E-state index in [0.717, 1.165) is 0 Å². The predicted octanol–water partition coefficient (Wildman–Crippen LogP) is 4.50. The largest absolute Gasteiger partial charge is 0.481 e. The van der Waals surface area contributed by atoms with Gasteiger partial charge in [0.15, 0.2) is 6.61 Å². The van der Waals surface area contributed by atoms with E-state index in [2.05, 4.69) is 9.84 Å². The number of hydrogen-bond donors (Lipinski definition) is 1. The highest BCUT2D eigenvalue weighted by atomic mass is 19.4. The summed E-state index contributed by atoms with van der Waals surface area (Å²) in [6.45, 7) is 1.10. The van der Waals surface area contributed by atoms with Crippen LogP contribution in [0.5, 0.6) is 5.75 Å². The molecule has 12 heteroatoms. The van der Waals surface area contributed by atoms with Crippen LogP contribution in [0.2, 0.25) is 0 Å². The summed E-state index contributed by atoms with van der Waals surface area (Å²) in [5.74, 6) is -7.15. The van der Waals surface area contributed by atoms with Gasteiger partial charge >= 0.3 is 24.1 Å². The first-order valence-electron chi connectivity index (χ1n) is 8.33. The summed E-state index contributed by atoms with van der Waals surface area (Å²) < 4.78 is 99.2. The van der Waals surface area contributed by atoms with Crippen LogP contribution in [-0.2, 0) is 9.53 Å². The Morgan fingerprint density at radius 3 is 2.37 bits per heavy atom. The van der Waals surface area contributed by atoms with Crippen molar-refractivity contribution >= 4 is 23.0 Å². The second-order valence-electron chi connectivity index (χ2n) is 5.81. The standard InChI is InChI=1S/C18H15F7N2O3/c1-2-29-15(28)10-30-14-8-7-11-5-3-4-6-12(11)13(14)9-26-27-18(24,25)16(19,20)17(21,22)23/h3-9,27H,2,10H2,1H3/b26-9-. The Labute approximate surface area is 165 Å². The van der Waals surface area contributed by atoms with Crippen LogP contribution in [0.1, 0.15) is 12.5 Å². The van der Waals surface area contributed by atoms with Crippen LogP contribution in [0.3, 0.4) is 0 Å². The summed E-state index contributed by atoms with van der Waals surface area (Å²) in [4.78, 5) is 11.5. The van der Waals surface area contributed by atoms with Gasteiger partial charge < -0.3 is 9.47 Å². The number of alkyl halides is 7. The van der Waals surface area contributed by atoms with Crippen LogP contribution in [0.15, 0.2) is 41.5 Å². The van der Waals surface area contributed by atoms with Crippen molar-refractivity contribution in [1.82, 2.24) is 5.43 Å². The SMILES string of the molecule is CCOC(=O)COc1ccc2ccccc2c1/C=N\NC(F)(F)C(F)(F)C(F)(F)F. The number of carbonyl (C=O) groups is 1. The fourth-order valence-electron chi connectivity index (χ4n) is 2.30. The zero-order valence-corrected chi connectivity index (χ0v) is 15.3. The normalized spacial score (nSPS) is 12.9. The van der Waals surface area contributed by atoms with Crippen molar-refractivity contribution in [2.75, 3.05) is 13.2 Å². The molecule has 0 aliphatic rings. The van der Waals surface area contributed by atoms with Crippen molar-refractivity contribution in [1.29, 1.82) is 0 Å². The van der Waals surface area contributed by atoms with Crippen molar-refractivity contribution in [2.45, 2.75) is 25.1 Å². The first-order valence-corrected chi connectivity index (χ1v) is 8.33. The van der Waals surface area contributed by atoms with E-state index < -0.39 is 30.7 Å². The molecule has 5 nitrogen and oxygen atoms in total. The van der Waals surface area contributed by atoms with E-state index in [1.165, 1.54) is 12.1 Å². The van der Waals surface area contributed by atoms with Crippen molar-refractivity contribution in [3.63, 3.8) is 0 Å². The second kappa shape index (κ2) is 8.76. The molecule has 0 radical (unpaired) electrons. The second-order valence-corrected chi connectivity index (χ2v) is 5.81.